The van der Waals surface area contributed by atoms with E-state index >= 15 is 0 Å². The number of aliphatic carboxylic acids is 1. The summed E-state index contributed by atoms with van der Waals surface area (Å²) >= 11 is 0. The molecule has 0 spiro atoms. The van der Waals surface area contributed by atoms with Gasteiger partial charge < -0.3 is 5.11 Å². The molecule has 16 heavy (non-hydrogen) atoms. The lowest BCUT2D eigenvalue weighted by Crippen LogP contribution is -2.48. The van der Waals surface area contributed by atoms with Crippen LogP contribution in [0.15, 0.2) is 0 Å². The van der Waals surface area contributed by atoms with E-state index in [9.17, 15) is 13.2 Å². The van der Waals surface area contributed by atoms with Crippen LogP contribution in [0.2, 0.25) is 0 Å². The normalized spacial score (nSPS) is 15.1. The van der Waals surface area contributed by atoms with Crippen LogP contribution in [-0.2, 0) is 15.0 Å². The number of nitrogens with one attached hydrogen (secondary N) is 1. The van der Waals surface area contributed by atoms with Gasteiger partial charge in [-0.1, -0.05) is 6.92 Å². The molecule has 0 aromatic rings. The fourth-order valence-corrected chi connectivity index (χ4v) is 2.38. The molecule has 0 aromatic heterocycles. The number of carboxylic acid groups (broad SMARTS) is 1. The van der Waals surface area contributed by atoms with Gasteiger partial charge in [-0.2, -0.15) is 17.4 Å². The molecule has 0 aromatic carbocycles. The third kappa shape index (κ3) is 5.43. The van der Waals surface area contributed by atoms with E-state index in [-0.39, 0.29) is 6.54 Å². The largest absolute Gasteiger partial charge is 0.481 e. The van der Waals surface area contributed by atoms with Crippen molar-refractivity contribution in [3.8, 4) is 0 Å². The van der Waals surface area contributed by atoms with E-state index < -0.39 is 27.6 Å². The van der Waals surface area contributed by atoms with E-state index in [0.717, 1.165) is 4.31 Å². The lowest BCUT2D eigenvalue weighted by atomic mass is 10.1. The molecule has 0 bridgehead atoms. The highest BCUT2D eigenvalue weighted by molar-refractivity contribution is 7.87. The van der Waals surface area contributed by atoms with Gasteiger partial charge in [-0.15, -0.1) is 0 Å². The molecule has 0 aliphatic carbocycles. The van der Waals surface area contributed by atoms with Crippen molar-refractivity contribution in [3.05, 3.63) is 0 Å². The van der Waals surface area contributed by atoms with Crippen LogP contribution < -0.4 is 4.72 Å². The molecular formula is C9H20N2O4S. The summed E-state index contributed by atoms with van der Waals surface area (Å²) in [5.74, 6) is -1.75. The molecule has 1 atom stereocenters. The molecule has 2 N–H and O–H groups in total. The maximum atomic E-state index is 11.7. The summed E-state index contributed by atoms with van der Waals surface area (Å²) in [5, 5.41) is 8.69. The quantitative estimate of drug-likeness (QED) is 0.735. The van der Waals surface area contributed by atoms with Gasteiger partial charge in [0.05, 0.1) is 5.92 Å². The van der Waals surface area contributed by atoms with Crippen LogP contribution in [0.1, 0.15) is 27.7 Å². The first-order chi connectivity index (χ1) is 6.96. The highest BCUT2D eigenvalue weighted by atomic mass is 32.2. The zero-order chi connectivity index (χ0) is 13.1. The lowest BCUT2D eigenvalue weighted by molar-refractivity contribution is -0.141. The molecular weight excluding hydrogens is 232 g/mol. The van der Waals surface area contributed by atoms with Crippen molar-refractivity contribution in [1.29, 1.82) is 0 Å². The Morgan fingerprint density at radius 1 is 1.44 bits per heavy atom. The minimum atomic E-state index is -3.63. The maximum Gasteiger partial charge on any atom is 0.307 e. The van der Waals surface area contributed by atoms with Crippen molar-refractivity contribution >= 4 is 16.2 Å². The number of hydrogen-bond acceptors (Lipinski definition) is 3. The molecule has 0 radical (unpaired) electrons. The Morgan fingerprint density at radius 2 is 1.88 bits per heavy atom. The van der Waals surface area contributed by atoms with Crippen molar-refractivity contribution in [2.75, 3.05) is 13.6 Å². The molecule has 7 heteroatoms. The molecule has 0 heterocycles. The Labute approximate surface area is 96.8 Å². The molecule has 0 aliphatic rings. The minimum Gasteiger partial charge on any atom is -0.481 e. The van der Waals surface area contributed by atoms with Crippen LogP contribution in [0.25, 0.3) is 0 Å². The van der Waals surface area contributed by atoms with Crippen molar-refractivity contribution in [2.45, 2.75) is 33.2 Å². The highest BCUT2D eigenvalue weighted by Crippen LogP contribution is 2.07. The number of nitrogens with zero attached hydrogens (tertiary/aromatic N) is 1. The number of carbonyl (C=O) groups is 1. The first-order valence-corrected chi connectivity index (χ1v) is 6.38. The van der Waals surface area contributed by atoms with Gasteiger partial charge in [0.2, 0.25) is 0 Å². The molecule has 0 amide bonds. The van der Waals surface area contributed by atoms with Crippen LogP contribution in [0.5, 0.6) is 0 Å². The predicted octanol–water partition coefficient (Wildman–Crippen LogP) is 0.272. The molecule has 0 rings (SSSR count). The third-order valence-electron chi connectivity index (χ3n) is 1.80. The second-order valence-corrected chi connectivity index (χ2v) is 6.65. The number of hydrogen-bond donors (Lipinski definition) is 2. The van der Waals surface area contributed by atoms with E-state index in [1.807, 2.05) is 0 Å². The van der Waals surface area contributed by atoms with E-state index in [1.165, 1.54) is 14.0 Å². The SMILES string of the molecule is CC(CN(C)S(=O)(=O)NC(C)(C)C)C(=O)O. The zero-order valence-corrected chi connectivity index (χ0v) is 11.1. The standard InChI is InChI=1S/C9H20N2O4S/c1-7(8(12)13)6-11(5)16(14,15)10-9(2,3)4/h7,10H,6H2,1-5H3,(H,12,13). The Balaban J connectivity index is 4.60. The summed E-state index contributed by atoms with van der Waals surface area (Å²) in [4.78, 5) is 10.6. The molecule has 0 aliphatic heterocycles. The number of rotatable bonds is 5. The summed E-state index contributed by atoms with van der Waals surface area (Å²) in [6, 6.07) is 0. The van der Waals surface area contributed by atoms with Gasteiger partial charge >= 0.3 is 5.97 Å². The van der Waals surface area contributed by atoms with E-state index in [4.69, 9.17) is 5.11 Å². The smallest absolute Gasteiger partial charge is 0.307 e. The second-order valence-electron chi connectivity index (χ2n) is 4.88. The van der Waals surface area contributed by atoms with E-state index in [0.29, 0.717) is 0 Å². The van der Waals surface area contributed by atoms with Crippen LogP contribution in [0.3, 0.4) is 0 Å². The number of carboxylic acids is 1. The van der Waals surface area contributed by atoms with Crippen molar-refractivity contribution in [2.24, 2.45) is 5.92 Å². The van der Waals surface area contributed by atoms with Crippen LogP contribution in [0.4, 0.5) is 0 Å². The zero-order valence-electron chi connectivity index (χ0n) is 10.3. The first-order valence-electron chi connectivity index (χ1n) is 4.94. The lowest BCUT2D eigenvalue weighted by Gasteiger charge is -2.26. The monoisotopic (exact) mass is 252 g/mol. The Hall–Kier alpha value is -0.660. The van der Waals surface area contributed by atoms with E-state index in [2.05, 4.69) is 4.72 Å². The summed E-state index contributed by atoms with van der Waals surface area (Å²) in [7, 11) is -2.27. The molecule has 6 nitrogen and oxygen atoms in total. The predicted molar refractivity (Wildman–Crippen MR) is 61.2 cm³/mol. The molecule has 96 valence electrons. The average Bonchev–Trinajstić information content (AvgIpc) is 1.98. The second kappa shape index (κ2) is 5.11. The van der Waals surface area contributed by atoms with Gasteiger partial charge in [-0.05, 0) is 20.8 Å². The fraction of sp³-hybridized carbons (Fsp3) is 0.889. The molecule has 1 unspecified atom stereocenters. The Morgan fingerprint density at radius 3 is 2.19 bits per heavy atom. The Bertz CT molecular complexity index is 345. The fourth-order valence-electron chi connectivity index (χ4n) is 1.03. The van der Waals surface area contributed by atoms with Gasteiger partial charge in [0.1, 0.15) is 0 Å². The van der Waals surface area contributed by atoms with Gasteiger partial charge in [0, 0.05) is 19.1 Å². The van der Waals surface area contributed by atoms with E-state index in [1.54, 1.807) is 20.8 Å². The highest BCUT2D eigenvalue weighted by Gasteiger charge is 2.26. The van der Waals surface area contributed by atoms with Crippen molar-refractivity contribution < 1.29 is 18.3 Å². The Kier molecular flexibility index (Phi) is 4.90. The summed E-state index contributed by atoms with van der Waals surface area (Å²) in [6.07, 6.45) is 0. The first kappa shape index (κ1) is 15.3. The maximum absolute atomic E-state index is 11.7. The third-order valence-corrected chi connectivity index (χ3v) is 3.64. The minimum absolute atomic E-state index is 0.0548. The molecule has 0 saturated carbocycles. The summed E-state index contributed by atoms with van der Waals surface area (Å²) in [5.41, 5.74) is -0.584. The molecule has 0 fully saturated rings. The van der Waals surface area contributed by atoms with Crippen LogP contribution in [-0.4, -0.2) is 42.9 Å². The topological polar surface area (TPSA) is 86.7 Å². The van der Waals surface area contributed by atoms with Gasteiger partial charge in [-0.25, -0.2) is 0 Å². The summed E-state index contributed by atoms with van der Waals surface area (Å²) < 4.78 is 26.9. The van der Waals surface area contributed by atoms with Gasteiger partial charge in [-0.3, -0.25) is 4.79 Å². The van der Waals surface area contributed by atoms with Gasteiger partial charge in [0.15, 0.2) is 0 Å². The summed E-state index contributed by atoms with van der Waals surface area (Å²) in [6.45, 7) is 6.57. The van der Waals surface area contributed by atoms with Crippen molar-refractivity contribution in [1.82, 2.24) is 9.03 Å². The van der Waals surface area contributed by atoms with Gasteiger partial charge in [0.25, 0.3) is 10.2 Å². The molecule has 0 saturated heterocycles. The van der Waals surface area contributed by atoms with Crippen LogP contribution >= 0.6 is 0 Å². The average molecular weight is 252 g/mol. The van der Waals surface area contributed by atoms with Crippen molar-refractivity contribution in [3.63, 3.8) is 0 Å². The van der Waals surface area contributed by atoms with Crippen LogP contribution in [0, 0.1) is 5.92 Å².